The second-order valence-electron chi connectivity index (χ2n) is 10.5. The first-order chi connectivity index (χ1) is 20.3. The Kier molecular flexibility index (Phi) is 4.67. The first kappa shape index (κ1) is 22.4. The lowest BCUT2D eigenvalue weighted by atomic mass is 9.34. The summed E-state index contributed by atoms with van der Waals surface area (Å²) in [7, 11) is 0. The Morgan fingerprint density at radius 1 is 0.439 bits per heavy atom. The zero-order valence-electron chi connectivity index (χ0n) is 22.0. The van der Waals surface area contributed by atoms with Gasteiger partial charge in [-0.1, -0.05) is 84.9 Å². The highest BCUT2D eigenvalue weighted by Gasteiger charge is 2.41. The summed E-state index contributed by atoms with van der Waals surface area (Å²) >= 11 is 0. The summed E-state index contributed by atoms with van der Waals surface area (Å²) in [5.74, 6) is 5.05. The van der Waals surface area contributed by atoms with Crippen molar-refractivity contribution in [1.82, 2.24) is 0 Å². The van der Waals surface area contributed by atoms with Crippen LogP contribution in [0.2, 0.25) is 0 Å². The molecule has 0 aliphatic carbocycles. The van der Waals surface area contributed by atoms with Gasteiger partial charge < -0.3 is 19.1 Å². The molecule has 41 heavy (non-hydrogen) atoms. The predicted octanol–water partition coefficient (Wildman–Crippen LogP) is 7.66. The summed E-state index contributed by atoms with van der Waals surface area (Å²) < 4.78 is 19.6. The molecule has 0 atom stereocenters. The molecule has 192 valence electrons. The second kappa shape index (κ2) is 8.54. The van der Waals surface area contributed by atoms with Gasteiger partial charge in [0.25, 0.3) is 6.71 Å². The van der Waals surface area contributed by atoms with Gasteiger partial charge in [0, 0.05) is 22.3 Å². The van der Waals surface area contributed by atoms with E-state index in [2.05, 4.69) is 83.8 Å². The standard InChI is InChI=1S/C36H22BNO3/c1-2-11-23(12-3-1)38-28-17-5-7-19-30(28)40-33-22-9-13-24(35(33)38)25-14-8-16-27-36(25)41-32-21-10-20-31-34(32)37(27)26-15-4-6-18-29(26)39-31/h1-22H. The smallest absolute Gasteiger partial charge is 0.260 e. The lowest BCUT2D eigenvalue weighted by molar-refractivity contribution is 0.465. The molecule has 3 heterocycles. The summed E-state index contributed by atoms with van der Waals surface area (Å²) in [5, 5.41) is 0. The van der Waals surface area contributed by atoms with Gasteiger partial charge in [-0.05, 0) is 59.5 Å². The Labute approximate surface area is 238 Å². The Morgan fingerprint density at radius 3 is 1.95 bits per heavy atom. The van der Waals surface area contributed by atoms with Gasteiger partial charge in [-0.25, -0.2) is 0 Å². The van der Waals surface area contributed by atoms with Gasteiger partial charge in [0.2, 0.25) is 0 Å². The van der Waals surface area contributed by atoms with E-state index >= 15 is 0 Å². The fourth-order valence-corrected chi connectivity index (χ4v) is 6.48. The molecule has 0 bridgehead atoms. The zero-order valence-corrected chi connectivity index (χ0v) is 22.0. The predicted molar refractivity (Wildman–Crippen MR) is 164 cm³/mol. The minimum absolute atomic E-state index is 0.0107. The molecular weight excluding hydrogens is 505 g/mol. The molecule has 0 fully saturated rings. The average molecular weight is 527 g/mol. The van der Waals surface area contributed by atoms with Crippen LogP contribution in [-0.4, -0.2) is 6.71 Å². The number of para-hydroxylation sites is 6. The largest absolute Gasteiger partial charge is 0.458 e. The van der Waals surface area contributed by atoms with Crippen LogP contribution in [-0.2, 0) is 0 Å². The van der Waals surface area contributed by atoms with E-state index in [1.165, 1.54) is 0 Å². The first-order valence-corrected chi connectivity index (χ1v) is 13.8. The summed E-state index contributed by atoms with van der Waals surface area (Å²) in [6, 6.07) is 45.7. The van der Waals surface area contributed by atoms with E-state index < -0.39 is 0 Å². The van der Waals surface area contributed by atoms with E-state index in [1.807, 2.05) is 54.6 Å². The van der Waals surface area contributed by atoms with Gasteiger partial charge >= 0.3 is 0 Å². The minimum atomic E-state index is 0.0107. The second-order valence-corrected chi connectivity index (χ2v) is 10.5. The van der Waals surface area contributed by atoms with Crippen LogP contribution in [0.4, 0.5) is 17.1 Å². The molecule has 9 rings (SSSR count). The van der Waals surface area contributed by atoms with E-state index in [0.29, 0.717) is 0 Å². The fraction of sp³-hybridized carbons (Fsp3) is 0. The minimum Gasteiger partial charge on any atom is -0.458 e. The molecule has 6 aromatic carbocycles. The summed E-state index contributed by atoms with van der Waals surface area (Å²) in [6.45, 7) is 0.0107. The number of fused-ring (bicyclic) bond motifs is 6. The SMILES string of the molecule is c1ccc(N2c3ccccc3Oc3cccc(-c4cccc5c4Oc4cccc6c4B5c4ccccc4O6)c32)cc1. The van der Waals surface area contributed by atoms with Crippen molar-refractivity contribution in [3.63, 3.8) is 0 Å². The molecule has 0 N–H and O–H groups in total. The number of hydrogen-bond acceptors (Lipinski definition) is 4. The average Bonchev–Trinajstić information content (AvgIpc) is 3.03. The van der Waals surface area contributed by atoms with E-state index in [9.17, 15) is 0 Å². The first-order valence-electron chi connectivity index (χ1n) is 13.8. The molecule has 0 aromatic heterocycles. The van der Waals surface area contributed by atoms with E-state index in [-0.39, 0.29) is 6.71 Å². The van der Waals surface area contributed by atoms with Gasteiger partial charge in [-0.15, -0.1) is 0 Å². The van der Waals surface area contributed by atoms with Crippen molar-refractivity contribution in [2.45, 2.75) is 0 Å². The number of hydrogen-bond donors (Lipinski definition) is 0. The third kappa shape index (κ3) is 3.23. The summed E-state index contributed by atoms with van der Waals surface area (Å²) in [6.07, 6.45) is 0. The number of ether oxygens (including phenoxy) is 3. The van der Waals surface area contributed by atoms with Crippen LogP contribution < -0.4 is 35.5 Å². The summed E-state index contributed by atoms with van der Waals surface area (Å²) in [4.78, 5) is 2.29. The van der Waals surface area contributed by atoms with Crippen molar-refractivity contribution in [2.24, 2.45) is 0 Å². The van der Waals surface area contributed by atoms with Crippen molar-refractivity contribution in [3.05, 3.63) is 133 Å². The highest BCUT2D eigenvalue weighted by Crippen LogP contribution is 2.55. The van der Waals surface area contributed by atoms with Crippen molar-refractivity contribution >= 4 is 40.2 Å². The molecule has 0 saturated carbocycles. The van der Waals surface area contributed by atoms with Gasteiger partial charge in [-0.3, -0.25) is 0 Å². The van der Waals surface area contributed by atoms with Crippen LogP contribution in [0.15, 0.2) is 133 Å². The van der Waals surface area contributed by atoms with Gasteiger partial charge in [0.05, 0.1) is 11.4 Å². The zero-order chi connectivity index (χ0) is 26.9. The van der Waals surface area contributed by atoms with Crippen LogP contribution in [0.25, 0.3) is 11.1 Å². The Balaban J connectivity index is 1.30. The van der Waals surface area contributed by atoms with Gasteiger partial charge in [-0.2, -0.15) is 0 Å². The molecule has 4 nitrogen and oxygen atoms in total. The molecule has 0 radical (unpaired) electrons. The van der Waals surface area contributed by atoms with Crippen molar-refractivity contribution in [2.75, 3.05) is 4.90 Å². The topological polar surface area (TPSA) is 30.9 Å². The molecule has 0 saturated heterocycles. The lowest BCUT2D eigenvalue weighted by Gasteiger charge is -2.36. The molecule has 6 aromatic rings. The molecule has 3 aliphatic heterocycles. The lowest BCUT2D eigenvalue weighted by Crippen LogP contribution is -2.57. The van der Waals surface area contributed by atoms with Crippen LogP contribution in [0.5, 0.6) is 34.5 Å². The van der Waals surface area contributed by atoms with E-state index in [1.54, 1.807) is 0 Å². The Hall–Kier alpha value is -5.42. The Morgan fingerprint density at radius 2 is 1.05 bits per heavy atom. The van der Waals surface area contributed by atoms with Crippen molar-refractivity contribution in [3.8, 4) is 45.6 Å². The number of anilines is 3. The highest BCUT2D eigenvalue weighted by atomic mass is 16.5. The van der Waals surface area contributed by atoms with Crippen LogP contribution >= 0.6 is 0 Å². The number of nitrogens with zero attached hydrogens (tertiary/aromatic N) is 1. The van der Waals surface area contributed by atoms with E-state index in [0.717, 1.165) is 79.1 Å². The van der Waals surface area contributed by atoms with Gasteiger partial charge in [0.1, 0.15) is 23.0 Å². The molecule has 5 heteroatoms. The van der Waals surface area contributed by atoms with Crippen molar-refractivity contribution < 1.29 is 14.2 Å². The monoisotopic (exact) mass is 527 g/mol. The maximum atomic E-state index is 6.79. The van der Waals surface area contributed by atoms with E-state index in [4.69, 9.17) is 14.2 Å². The maximum Gasteiger partial charge on any atom is 0.260 e. The van der Waals surface area contributed by atoms with Crippen LogP contribution in [0, 0.1) is 0 Å². The Bertz CT molecular complexity index is 2010. The van der Waals surface area contributed by atoms with Crippen LogP contribution in [0.3, 0.4) is 0 Å². The molecule has 0 spiro atoms. The molecular formula is C36H22BNO3. The quantitative estimate of drug-likeness (QED) is 0.216. The number of benzene rings is 6. The third-order valence-corrected chi connectivity index (χ3v) is 8.19. The normalized spacial score (nSPS) is 13.4. The molecule has 3 aliphatic rings. The molecule has 0 unspecified atom stereocenters. The molecule has 0 amide bonds. The maximum absolute atomic E-state index is 6.79. The van der Waals surface area contributed by atoms with Crippen LogP contribution in [0.1, 0.15) is 0 Å². The highest BCUT2D eigenvalue weighted by molar-refractivity contribution is 6.98. The van der Waals surface area contributed by atoms with Crippen molar-refractivity contribution in [1.29, 1.82) is 0 Å². The number of rotatable bonds is 2. The van der Waals surface area contributed by atoms with Gasteiger partial charge in [0.15, 0.2) is 11.5 Å². The third-order valence-electron chi connectivity index (χ3n) is 8.19. The fourth-order valence-electron chi connectivity index (χ4n) is 6.48. The summed E-state index contributed by atoms with van der Waals surface area (Å²) in [5.41, 5.74) is 8.46.